The van der Waals surface area contributed by atoms with Crippen LogP contribution in [-0.2, 0) is 33.5 Å². The lowest BCUT2D eigenvalue weighted by Gasteiger charge is -2.45. The molecule has 0 bridgehead atoms. The van der Waals surface area contributed by atoms with Crippen LogP contribution in [0.25, 0.3) is 0 Å². The molecule has 1 aliphatic heterocycles. The molecule has 10 heteroatoms. The molecule has 0 spiro atoms. The van der Waals surface area contributed by atoms with Crippen molar-refractivity contribution in [2.24, 2.45) is 5.92 Å². The van der Waals surface area contributed by atoms with Gasteiger partial charge in [-0.3, -0.25) is 9.59 Å². The van der Waals surface area contributed by atoms with E-state index in [1.807, 2.05) is 13.8 Å². The van der Waals surface area contributed by atoms with Gasteiger partial charge in [0.25, 0.3) is 5.91 Å². The standard InChI is InChI=1S/C33H37F6NO3/c1-19(2)24-16-20(4-8-26(24)34)18-31-14-15-40(29(43)32(36)12-10-21(11-13-32)28(41)42)27(31)9-5-22-17-23(6-7-25(22)31)30(3,35)33(37,38)39/h4,6-8,16-17,19,21,27H,5,9-15,18H2,1-3H3,(H,41,42)/t21-,27?,30?,31?,32+. The third-order valence-corrected chi connectivity index (χ3v) is 10.2. The number of hydrogen-bond acceptors (Lipinski definition) is 2. The average Bonchev–Trinajstić information content (AvgIpc) is 3.32. The highest BCUT2D eigenvalue weighted by Gasteiger charge is 2.58. The molecule has 2 aromatic carbocycles. The number of carboxylic acids is 1. The fourth-order valence-corrected chi connectivity index (χ4v) is 7.57. The van der Waals surface area contributed by atoms with Gasteiger partial charge in [-0.2, -0.15) is 13.2 Å². The van der Waals surface area contributed by atoms with E-state index in [1.165, 1.54) is 18.2 Å². The van der Waals surface area contributed by atoms with Crippen LogP contribution in [0.15, 0.2) is 36.4 Å². The van der Waals surface area contributed by atoms with E-state index in [1.54, 1.807) is 17.0 Å². The fraction of sp³-hybridized carbons (Fsp3) is 0.576. The Hall–Kier alpha value is -3.04. The largest absolute Gasteiger partial charge is 0.481 e. The Morgan fingerprint density at radius 1 is 1.02 bits per heavy atom. The molecule has 1 saturated carbocycles. The summed E-state index contributed by atoms with van der Waals surface area (Å²) in [5.41, 5.74) is -4.52. The highest BCUT2D eigenvalue weighted by atomic mass is 19.4. The minimum atomic E-state index is -5.11. The lowest BCUT2D eigenvalue weighted by Crippen LogP contribution is -2.55. The Bertz CT molecular complexity index is 1410. The van der Waals surface area contributed by atoms with Crippen LogP contribution >= 0.6 is 0 Å². The topological polar surface area (TPSA) is 57.6 Å². The smallest absolute Gasteiger partial charge is 0.426 e. The number of halogens is 6. The van der Waals surface area contributed by atoms with Crippen molar-refractivity contribution < 1.29 is 41.0 Å². The summed E-state index contributed by atoms with van der Waals surface area (Å²) in [5, 5.41) is 9.34. The second kappa shape index (κ2) is 10.8. The number of rotatable bonds is 6. The maximum Gasteiger partial charge on any atom is 0.426 e. The highest BCUT2D eigenvalue weighted by Crippen LogP contribution is 2.52. The molecule has 5 rings (SSSR count). The Kier molecular flexibility index (Phi) is 7.91. The quantitative estimate of drug-likeness (QED) is 0.342. The second-order valence-electron chi connectivity index (χ2n) is 13.1. The number of carboxylic acid groups (broad SMARTS) is 1. The number of aliphatic carboxylic acids is 1. The summed E-state index contributed by atoms with van der Waals surface area (Å²) in [5.74, 6) is -2.84. The van der Waals surface area contributed by atoms with Crippen molar-refractivity contribution in [3.63, 3.8) is 0 Å². The lowest BCUT2D eigenvalue weighted by atomic mass is 9.63. The van der Waals surface area contributed by atoms with Gasteiger partial charge in [-0.05, 0) is 98.1 Å². The fourth-order valence-electron chi connectivity index (χ4n) is 7.57. The number of fused-ring (bicyclic) bond motifs is 3. The Balaban J connectivity index is 1.55. The predicted octanol–water partition coefficient (Wildman–Crippen LogP) is 7.71. The molecular formula is C33H37F6NO3. The van der Waals surface area contributed by atoms with Crippen molar-refractivity contribution in [1.29, 1.82) is 0 Å². The molecule has 234 valence electrons. The number of likely N-dealkylation sites (tertiary alicyclic amines) is 1. The second-order valence-corrected chi connectivity index (χ2v) is 13.1. The van der Waals surface area contributed by atoms with Gasteiger partial charge in [-0.1, -0.05) is 44.2 Å². The van der Waals surface area contributed by atoms with Crippen LogP contribution in [-0.4, -0.2) is 46.3 Å². The number of alkyl halides is 5. The molecular weight excluding hydrogens is 572 g/mol. The molecule has 1 heterocycles. The molecule has 0 aromatic heterocycles. The van der Waals surface area contributed by atoms with Crippen molar-refractivity contribution >= 4 is 11.9 Å². The van der Waals surface area contributed by atoms with Crippen molar-refractivity contribution in [3.8, 4) is 0 Å². The van der Waals surface area contributed by atoms with Crippen LogP contribution < -0.4 is 0 Å². The Morgan fingerprint density at radius 3 is 2.30 bits per heavy atom. The van der Waals surface area contributed by atoms with Crippen molar-refractivity contribution in [1.82, 2.24) is 4.90 Å². The van der Waals surface area contributed by atoms with Gasteiger partial charge in [0.2, 0.25) is 5.67 Å². The third kappa shape index (κ3) is 5.33. The van der Waals surface area contributed by atoms with Gasteiger partial charge in [-0.15, -0.1) is 0 Å². The first kappa shape index (κ1) is 31.4. The van der Waals surface area contributed by atoms with Gasteiger partial charge in [0.05, 0.1) is 5.92 Å². The summed E-state index contributed by atoms with van der Waals surface area (Å²) in [4.78, 5) is 26.8. The summed E-state index contributed by atoms with van der Waals surface area (Å²) in [6.45, 7) is 4.44. The van der Waals surface area contributed by atoms with Crippen molar-refractivity contribution in [3.05, 3.63) is 70.0 Å². The summed E-state index contributed by atoms with van der Waals surface area (Å²) in [6, 6.07) is 8.25. The van der Waals surface area contributed by atoms with Crippen LogP contribution in [0.1, 0.15) is 93.0 Å². The van der Waals surface area contributed by atoms with E-state index < -0.39 is 52.3 Å². The van der Waals surface area contributed by atoms with E-state index in [0.717, 1.165) is 11.6 Å². The van der Waals surface area contributed by atoms with Crippen LogP contribution in [0.5, 0.6) is 0 Å². The molecule has 2 aromatic rings. The Morgan fingerprint density at radius 2 is 1.70 bits per heavy atom. The van der Waals surface area contributed by atoms with Crippen LogP contribution in [0.2, 0.25) is 0 Å². The monoisotopic (exact) mass is 609 g/mol. The van der Waals surface area contributed by atoms with Crippen LogP contribution in [0.3, 0.4) is 0 Å². The van der Waals surface area contributed by atoms with Gasteiger partial charge in [0, 0.05) is 18.0 Å². The van der Waals surface area contributed by atoms with Crippen LogP contribution in [0.4, 0.5) is 26.3 Å². The number of hydrogen-bond donors (Lipinski definition) is 1. The Labute approximate surface area is 247 Å². The molecule has 4 nitrogen and oxygen atoms in total. The summed E-state index contributed by atoms with van der Waals surface area (Å²) >= 11 is 0. The molecule has 3 unspecified atom stereocenters. The average molecular weight is 610 g/mol. The van der Waals surface area contributed by atoms with Gasteiger partial charge < -0.3 is 10.0 Å². The minimum Gasteiger partial charge on any atom is -0.481 e. The molecule has 3 aliphatic rings. The van der Waals surface area contributed by atoms with E-state index in [9.17, 15) is 36.6 Å². The van der Waals surface area contributed by atoms with Gasteiger partial charge in [0.15, 0.2) is 5.67 Å². The number of carbonyl (C=O) groups excluding carboxylic acids is 1. The summed E-state index contributed by atoms with van der Waals surface area (Å²) < 4.78 is 86.4. The maximum atomic E-state index is 16.2. The van der Waals surface area contributed by atoms with E-state index in [2.05, 4.69) is 0 Å². The number of amides is 1. The van der Waals surface area contributed by atoms with E-state index >= 15 is 4.39 Å². The minimum absolute atomic E-state index is 0.0571. The summed E-state index contributed by atoms with van der Waals surface area (Å²) in [7, 11) is 0. The maximum absolute atomic E-state index is 16.2. The zero-order chi connectivity index (χ0) is 31.5. The predicted molar refractivity (Wildman–Crippen MR) is 149 cm³/mol. The van der Waals surface area contributed by atoms with Crippen molar-refractivity contribution in [2.75, 3.05) is 6.54 Å². The van der Waals surface area contributed by atoms with E-state index in [0.29, 0.717) is 42.9 Å². The number of benzene rings is 2. The molecule has 43 heavy (non-hydrogen) atoms. The van der Waals surface area contributed by atoms with Gasteiger partial charge >= 0.3 is 12.1 Å². The molecule has 3 atom stereocenters. The first-order valence-corrected chi connectivity index (χ1v) is 14.9. The lowest BCUT2D eigenvalue weighted by molar-refractivity contribution is -0.228. The van der Waals surface area contributed by atoms with Crippen molar-refractivity contribution in [2.45, 2.75) is 107 Å². The third-order valence-electron chi connectivity index (χ3n) is 10.2. The molecule has 2 fully saturated rings. The molecule has 2 aliphatic carbocycles. The zero-order valence-corrected chi connectivity index (χ0v) is 24.5. The van der Waals surface area contributed by atoms with Crippen LogP contribution in [0, 0.1) is 11.7 Å². The van der Waals surface area contributed by atoms with E-state index in [-0.39, 0.29) is 50.4 Å². The highest BCUT2D eigenvalue weighted by molar-refractivity contribution is 5.86. The first-order chi connectivity index (χ1) is 20.0. The summed E-state index contributed by atoms with van der Waals surface area (Å²) in [6.07, 6.45) is -4.04. The number of carbonyl (C=O) groups is 2. The normalized spacial score (nSPS) is 28.7. The van der Waals surface area contributed by atoms with Gasteiger partial charge in [0.1, 0.15) is 5.82 Å². The molecule has 0 radical (unpaired) electrons. The molecule has 1 N–H and O–H groups in total. The van der Waals surface area contributed by atoms with Gasteiger partial charge in [-0.25, -0.2) is 13.2 Å². The molecule has 1 saturated heterocycles. The van der Waals surface area contributed by atoms with E-state index in [4.69, 9.17) is 0 Å². The number of nitrogens with zero attached hydrogens (tertiary/aromatic N) is 1. The first-order valence-electron chi connectivity index (χ1n) is 14.9. The zero-order valence-electron chi connectivity index (χ0n) is 24.5. The SMILES string of the molecule is CC(C)c1cc(CC23CCN(C(=O)[C@]4(F)CC[C@@H](C(=O)O)CC4)C2CCc2cc(C(C)(F)C(F)(F)F)ccc23)ccc1F. The molecule has 1 amide bonds. The number of aryl methyl sites for hydroxylation is 1.